The van der Waals surface area contributed by atoms with Crippen LogP contribution in [0.2, 0.25) is 0 Å². The Morgan fingerprint density at radius 2 is 0.311 bits per heavy atom. The Morgan fingerprint density at radius 1 is 0.267 bits per heavy atom. The van der Waals surface area contributed by atoms with Crippen LogP contribution in [0.5, 0.6) is 0 Å². The van der Waals surface area contributed by atoms with Crippen LogP contribution in [0.15, 0.2) is 0 Å². The Balaban J connectivity index is -0.000000102. The fraction of sp³-hybridized carbons (Fsp3) is 1.00. The molecule has 0 aromatic carbocycles. The van der Waals surface area contributed by atoms with Crippen molar-refractivity contribution in [3.8, 4) is 0 Å². The Hall–Kier alpha value is -0.690. The van der Waals surface area contributed by atoms with Gasteiger partial charge in [-0.2, -0.15) is 0 Å². The van der Waals surface area contributed by atoms with Crippen LogP contribution in [0.25, 0.3) is 0 Å². The molecular weight excluding hydrogens is 655 g/mol. The van der Waals surface area contributed by atoms with Crippen LogP contribution >= 0.6 is 7.82 Å². The first-order valence-electron chi connectivity index (χ1n) is 12.3. The van der Waals surface area contributed by atoms with E-state index in [-0.39, 0.29) is 0 Å². The Bertz CT molecular complexity index is 462. The monoisotopic (exact) mass is 708 g/mol. The minimum atomic E-state index is -4.64. The van der Waals surface area contributed by atoms with Gasteiger partial charge in [0.15, 0.2) is 0 Å². The third-order valence-corrected chi connectivity index (χ3v) is 4.09. The smallest absolute Gasteiger partial charge is 0.394 e. The van der Waals surface area contributed by atoms with Crippen molar-refractivity contribution < 1.29 is 121 Å². The zero-order valence-electron chi connectivity index (χ0n) is 24.0. The second-order valence-electron chi connectivity index (χ2n) is 8.01. The fourth-order valence-electron chi connectivity index (χ4n) is 1.22. The van der Waals surface area contributed by atoms with Crippen molar-refractivity contribution in [3.05, 3.63) is 0 Å². The second kappa shape index (κ2) is 37.8. The molecule has 0 aromatic rings. The Labute approximate surface area is 257 Å². The zero-order valence-corrected chi connectivity index (χ0v) is 24.9. The summed E-state index contributed by atoms with van der Waals surface area (Å²) in [5, 5.41) is 166. The number of aliphatic hydroxyl groups is 20. The van der Waals surface area contributed by atoms with Crippen LogP contribution in [-0.4, -0.2) is 244 Å². The van der Waals surface area contributed by atoms with Gasteiger partial charge in [0, 0.05) is 0 Å². The van der Waals surface area contributed by atoms with Gasteiger partial charge in [-0.15, -0.1) is 0 Å². The van der Waals surface area contributed by atoms with Gasteiger partial charge in [0.05, 0.1) is 66.1 Å². The summed E-state index contributed by atoms with van der Waals surface area (Å²) in [5.74, 6) is 0. The van der Waals surface area contributed by atoms with Gasteiger partial charge in [-0.05, 0) is 0 Å². The van der Waals surface area contributed by atoms with E-state index >= 15 is 0 Å². The first kappa shape index (κ1) is 56.6. The molecule has 0 bridgehead atoms. The Kier molecular flexibility index (Phi) is 47.5. The predicted octanol–water partition coefficient (Wildman–Crippen LogP) is -12.5. The van der Waals surface area contributed by atoms with Crippen LogP contribution in [0.1, 0.15) is 0 Å². The molecule has 0 aliphatic rings. The first-order valence-corrected chi connectivity index (χ1v) is 13.8. The van der Waals surface area contributed by atoms with Gasteiger partial charge < -0.3 is 117 Å². The summed E-state index contributed by atoms with van der Waals surface area (Å²) >= 11 is 0. The van der Waals surface area contributed by atoms with Crippen molar-refractivity contribution in [2.24, 2.45) is 0 Å². The van der Waals surface area contributed by atoms with Crippen molar-refractivity contribution in [3.63, 3.8) is 0 Å². The largest absolute Gasteiger partial charge is 0.466 e. The molecule has 0 aromatic heterocycles. The van der Waals surface area contributed by atoms with E-state index in [1.807, 2.05) is 0 Å². The highest BCUT2D eigenvalue weighted by molar-refractivity contribution is 7.45. The van der Waals surface area contributed by atoms with Gasteiger partial charge in [0.1, 0.15) is 61.0 Å². The normalized spacial score (nSPS) is 17.3. The molecule has 0 amide bonds. The maximum Gasteiger partial charge on any atom is 0.466 e. The highest BCUT2D eigenvalue weighted by atomic mass is 31.2. The Morgan fingerprint density at radius 3 is 0.333 bits per heavy atom. The highest BCUT2D eigenvalue weighted by Gasteiger charge is 2.14. The van der Waals surface area contributed by atoms with Gasteiger partial charge in [0.25, 0.3) is 0 Å². The number of phosphoric acid groups is 1. The molecule has 0 heterocycles. The maximum atomic E-state index is 8.88. The third-order valence-electron chi connectivity index (χ3n) is 4.09. The van der Waals surface area contributed by atoms with E-state index in [1.54, 1.807) is 0 Å². The molecule has 0 rings (SSSR count). The van der Waals surface area contributed by atoms with E-state index in [0.717, 1.165) is 0 Å². The van der Waals surface area contributed by atoms with Gasteiger partial charge in [-0.25, -0.2) is 4.57 Å². The van der Waals surface area contributed by atoms with Crippen LogP contribution < -0.4 is 0 Å². The SMILES string of the molecule is O=P(O)(O)O.OC[C@@H](O)[C@@H](O)CO.OC[C@@H](O)[C@@H](O)CO.OC[C@@H](O)[C@@H](O)CO.OC[C@@H](O)[C@@H](O)CO.OC[C@@H](O)[C@@H](O)CO. The molecule has 25 heteroatoms. The molecule has 24 nitrogen and oxygen atoms in total. The standard InChI is InChI=1S/5C4H10O4.H3O4P/c5*5-1-3(7)4(8)2-6;1-5(2,3)4/h5*3-8H,1-2H2;(H3,1,2,3,4)/t5*3-,4+;. The molecule has 0 aliphatic carbocycles. The second-order valence-corrected chi connectivity index (χ2v) is 9.04. The van der Waals surface area contributed by atoms with E-state index in [0.29, 0.717) is 0 Å². The number of aliphatic hydroxyl groups excluding tert-OH is 20. The summed E-state index contributed by atoms with van der Waals surface area (Å²) in [6.45, 7) is -5.26. The van der Waals surface area contributed by atoms with Crippen molar-refractivity contribution in [2.45, 2.75) is 61.0 Å². The first-order chi connectivity index (χ1) is 20.6. The topological polar surface area (TPSA) is 482 Å². The fourth-order valence-corrected chi connectivity index (χ4v) is 1.22. The zero-order chi connectivity index (χ0) is 37.3. The van der Waals surface area contributed by atoms with E-state index < -0.39 is 135 Å². The third kappa shape index (κ3) is 47.8. The molecule has 0 aliphatic heterocycles. The van der Waals surface area contributed by atoms with E-state index in [4.69, 9.17) is 121 Å². The maximum absolute atomic E-state index is 8.88. The summed E-state index contributed by atoms with van der Waals surface area (Å²) < 4.78 is 8.88. The lowest BCUT2D eigenvalue weighted by Crippen LogP contribution is -2.31. The minimum Gasteiger partial charge on any atom is -0.394 e. The van der Waals surface area contributed by atoms with Crippen LogP contribution in [-0.2, 0) is 4.57 Å². The predicted molar refractivity (Wildman–Crippen MR) is 145 cm³/mol. The van der Waals surface area contributed by atoms with Crippen molar-refractivity contribution in [2.75, 3.05) is 66.1 Å². The number of hydrogen-bond donors (Lipinski definition) is 23. The van der Waals surface area contributed by atoms with E-state index in [2.05, 4.69) is 0 Å². The quantitative estimate of drug-likeness (QED) is 0.0702. The van der Waals surface area contributed by atoms with Crippen LogP contribution in [0.4, 0.5) is 0 Å². The summed E-state index contributed by atoms with van der Waals surface area (Å²) in [5.41, 5.74) is 0. The molecule has 10 atom stereocenters. The summed E-state index contributed by atoms with van der Waals surface area (Å²) in [6.07, 6.45) is -12.2. The molecule has 0 saturated heterocycles. The van der Waals surface area contributed by atoms with Crippen molar-refractivity contribution in [1.82, 2.24) is 0 Å². The molecule has 0 unspecified atom stereocenters. The highest BCUT2D eigenvalue weighted by Crippen LogP contribution is 2.25. The van der Waals surface area contributed by atoms with Gasteiger partial charge in [-0.3, -0.25) is 0 Å². The summed E-state index contributed by atoms with van der Waals surface area (Å²) in [4.78, 5) is 21.6. The number of rotatable bonds is 15. The average molecular weight is 709 g/mol. The lowest BCUT2D eigenvalue weighted by Gasteiger charge is -2.10. The minimum absolute atomic E-state index is 0.526. The lowest BCUT2D eigenvalue weighted by molar-refractivity contribution is -0.0388. The van der Waals surface area contributed by atoms with Crippen molar-refractivity contribution >= 4 is 7.82 Å². The molecule has 0 radical (unpaired) electrons. The van der Waals surface area contributed by atoms with E-state index in [1.165, 1.54) is 0 Å². The summed E-state index contributed by atoms with van der Waals surface area (Å²) in [6, 6.07) is 0. The molecule has 0 fully saturated rings. The van der Waals surface area contributed by atoms with Gasteiger partial charge >= 0.3 is 7.82 Å². The summed E-state index contributed by atoms with van der Waals surface area (Å²) in [7, 11) is -4.64. The van der Waals surface area contributed by atoms with Crippen LogP contribution in [0.3, 0.4) is 0 Å². The lowest BCUT2D eigenvalue weighted by atomic mass is 10.2. The van der Waals surface area contributed by atoms with Gasteiger partial charge in [0.2, 0.25) is 0 Å². The van der Waals surface area contributed by atoms with E-state index in [9.17, 15) is 0 Å². The molecule has 23 N–H and O–H groups in total. The van der Waals surface area contributed by atoms with Crippen molar-refractivity contribution in [1.29, 1.82) is 0 Å². The number of hydrogen-bond acceptors (Lipinski definition) is 21. The molecule has 45 heavy (non-hydrogen) atoms. The molecule has 282 valence electrons. The molecular formula is C20H53O24P. The molecule has 0 spiro atoms. The van der Waals surface area contributed by atoms with Crippen LogP contribution in [0, 0.1) is 0 Å². The average Bonchev–Trinajstić information content (AvgIpc) is 3.04. The molecule has 0 saturated carbocycles. The van der Waals surface area contributed by atoms with Gasteiger partial charge in [-0.1, -0.05) is 0 Å².